The maximum Gasteiger partial charge on any atom is 0.264 e. The molecule has 0 aliphatic carbocycles. The number of benzene rings is 2. The van der Waals surface area contributed by atoms with Gasteiger partial charge in [-0.1, -0.05) is 62.9 Å². The highest BCUT2D eigenvalue weighted by atomic mass is 79.9. The van der Waals surface area contributed by atoms with Gasteiger partial charge >= 0.3 is 0 Å². The average molecular weight is 621 g/mol. The minimum absolute atomic E-state index is 0.0743. The van der Waals surface area contributed by atoms with Gasteiger partial charge < -0.3 is 10.6 Å². The number of carbonyl (C=O) groups excluding carboxylic acids is 1. The summed E-state index contributed by atoms with van der Waals surface area (Å²) in [6, 6.07) is 15.6. The number of ether oxygens (including phenoxy) is 1. The summed E-state index contributed by atoms with van der Waals surface area (Å²) in [5, 5.41) is 23.8. The van der Waals surface area contributed by atoms with Crippen LogP contribution in [0.15, 0.2) is 67.6 Å². The minimum atomic E-state index is -0.254. The van der Waals surface area contributed by atoms with Gasteiger partial charge in [0.2, 0.25) is 16.2 Å². The number of nitrogens with two attached hydrogens (primary N) is 1. The lowest BCUT2D eigenvalue weighted by atomic mass is 10.2. The van der Waals surface area contributed by atoms with E-state index in [4.69, 9.17) is 10.6 Å². The van der Waals surface area contributed by atoms with Gasteiger partial charge in [0.1, 0.15) is 5.75 Å². The molecule has 0 aliphatic heterocycles. The summed E-state index contributed by atoms with van der Waals surface area (Å²) < 4.78 is 8.45. The largest absolute Gasteiger partial charge is 0.494 e. The van der Waals surface area contributed by atoms with Gasteiger partial charge in [-0.15, -0.1) is 20.4 Å². The smallest absolute Gasteiger partial charge is 0.264 e. The molecular weight excluding hydrogens is 598 g/mol. The molecule has 0 aliphatic rings. The van der Waals surface area contributed by atoms with E-state index >= 15 is 0 Å². The average Bonchev–Trinajstić information content (AvgIpc) is 3.49. The number of halogens is 1. The predicted octanol–water partition coefficient (Wildman–Crippen LogP) is 4.47. The number of aromatic nitrogens is 5. The highest BCUT2D eigenvalue weighted by Gasteiger charge is 2.14. The zero-order valence-corrected chi connectivity index (χ0v) is 23.5. The van der Waals surface area contributed by atoms with E-state index in [2.05, 4.69) is 58.2 Å². The van der Waals surface area contributed by atoms with Crippen LogP contribution in [0.3, 0.4) is 0 Å². The molecule has 11 nitrogen and oxygen atoms in total. The van der Waals surface area contributed by atoms with Crippen molar-refractivity contribution in [3.63, 3.8) is 0 Å². The van der Waals surface area contributed by atoms with Crippen molar-refractivity contribution in [2.75, 3.05) is 28.9 Å². The zero-order chi connectivity index (χ0) is 26.0. The van der Waals surface area contributed by atoms with Crippen molar-refractivity contribution in [3.05, 3.63) is 64.1 Å². The molecule has 0 unspecified atom stereocenters. The van der Waals surface area contributed by atoms with E-state index in [9.17, 15) is 4.79 Å². The van der Waals surface area contributed by atoms with Crippen LogP contribution in [-0.2, 0) is 10.5 Å². The van der Waals surface area contributed by atoms with Crippen molar-refractivity contribution in [1.29, 1.82) is 0 Å². The molecule has 0 atom stereocenters. The molecule has 1 amide bonds. The van der Waals surface area contributed by atoms with Gasteiger partial charge in [-0.05, 0) is 54.4 Å². The molecule has 0 saturated carbocycles. The third-order valence-electron chi connectivity index (χ3n) is 4.47. The standard InChI is InChI=1S/C22H22BrN9O2S3/c1-2-34-17-8-6-14(7-9-17)11-25-27-19-28-30-21(32(19)24)35-13-18(33)26-20-29-31-22(37-20)36-12-15-4-3-5-16(23)10-15/h3-11H,2,12-13,24H2,1H3,(H,27,28)(H,26,29,33)/b25-11+. The molecular formula is C22H22BrN9O2S3. The number of rotatable bonds is 12. The number of carbonyl (C=O) groups is 1. The molecule has 2 aromatic heterocycles. The molecule has 0 bridgehead atoms. The predicted molar refractivity (Wildman–Crippen MR) is 152 cm³/mol. The van der Waals surface area contributed by atoms with E-state index in [1.54, 1.807) is 18.0 Å². The van der Waals surface area contributed by atoms with Crippen molar-refractivity contribution < 1.29 is 9.53 Å². The van der Waals surface area contributed by atoms with E-state index in [1.807, 2.05) is 49.4 Å². The Bertz CT molecular complexity index is 1360. The van der Waals surface area contributed by atoms with Crippen LogP contribution < -0.4 is 21.3 Å². The molecule has 0 spiro atoms. The summed E-state index contributed by atoms with van der Waals surface area (Å²) in [4.78, 5) is 12.4. The molecule has 4 aromatic rings. The Balaban J connectivity index is 1.22. The van der Waals surface area contributed by atoms with Crippen LogP contribution in [0.1, 0.15) is 18.1 Å². The first-order valence-electron chi connectivity index (χ1n) is 10.9. The summed E-state index contributed by atoms with van der Waals surface area (Å²) in [6.45, 7) is 2.54. The van der Waals surface area contributed by atoms with Crippen LogP contribution in [0.25, 0.3) is 0 Å². The highest BCUT2D eigenvalue weighted by Crippen LogP contribution is 2.29. The van der Waals surface area contributed by atoms with Gasteiger partial charge in [-0.3, -0.25) is 10.1 Å². The minimum Gasteiger partial charge on any atom is -0.494 e. The molecule has 2 aromatic carbocycles. The molecule has 15 heteroatoms. The number of anilines is 2. The first-order valence-corrected chi connectivity index (χ1v) is 14.4. The number of hydrogen-bond donors (Lipinski definition) is 3. The molecule has 37 heavy (non-hydrogen) atoms. The normalized spacial score (nSPS) is 11.1. The first-order chi connectivity index (χ1) is 18.0. The van der Waals surface area contributed by atoms with E-state index in [0.717, 1.165) is 43.2 Å². The van der Waals surface area contributed by atoms with Gasteiger partial charge in [0, 0.05) is 10.2 Å². The number of nitrogens with one attached hydrogen (secondary N) is 2. The van der Waals surface area contributed by atoms with E-state index in [0.29, 0.717) is 16.9 Å². The monoisotopic (exact) mass is 619 g/mol. The Morgan fingerprint density at radius 2 is 2.03 bits per heavy atom. The van der Waals surface area contributed by atoms with Crippen LogP contribution in [0, 0.1) is 0 Å². The third-order valence-corrected chi connectivity index (χ3v) is 7.95. The number of hydrogen-bond acceptors (Lipinski definition) is 12. The Hall–Kier alpha value is -3.14. The summed E-state index contributed by atoms with van der Waals surface area (Å²) in [6.07, 6.45) is 1.62. The zero-order valence-electron chi connectivity index (χ0n) is 19.5. The number of amides is 1. The van der Waals surface area contributed by atoms with Gasteiger partial charge in [0.15, 0.2) is 4.34 Å². The van der Waals surface area contributed by atoms with Crippen molar-refractivity contribution in [3.8, 4) is 5.75 Å². The van der Waals surface area contributed by atoms with Crippen LogP contribution in [0.5, 0.6) is 5.75 Å². The number of nitrogens with zero attached hydrogens (tertiary/aromatic N) is 6. The van der Waals surface area contributed by atoms with Crippen LogP contribution in [0.2, 0.25) is 0 Å². The Morgan fingerprint density at radius 1 is 1.19 bits per heavy atom. The second kappa shape index (κ2) is 13.4. The maximum absolute atomic E-state index is 12.4. The molecule has 192 valence electrons. The summed E-state index contributed by atoms with van der Waals surface area (Å²) in [7, 11) is 0. The van der Waals surface area contributed by atoms with Crippen LogP contribution >= 0.6 is 50.8 Å². The second-order valence-electron chi connectivity index (χ2n) is 7.18. The van der Waals surface area contributed by atoms with E-state index in [-0.39, 0.29) is 17.6 Å². The van der Waals surface area contributed by atoms with Gasteiger partial charge in [0.25, 0.3) is 5.95 Å². The lowest BCUT2D eigenvalue weighted by molar-refractivity contribution is -0.113. The maximum atomic E-state index is 12.4. The number of thioether (sulfide) groups is 2. The highest BCUT2D eigenvalue weighted by molar-refractivity contribution is 9.10. The van der Waals surface area contributed by atoms with Gasteiger partial charge in [-0.25, -0.2) is 10.1 Å². The lowest BCUT2D eigenvalue weighted by Crippen LogP contribution is -2.16. The summed E-state index contributed by atoms with van der Waals surface area (Å²) in [5.41, 5.74) is 4.78. The molecule has 0 radical (unpaired) electrons. The SMILES string of the molecule is CCOc1ccc(/C=N/Nc2nnc(SCC(=O)Nc3nnc(SCc4cccc(Br)c4)s3)n2N)cc1. The number of nitrogen functional groups attached to an aromatic ring is 1. The topological polar surface area (TPSA) is 145 Å². The van der Waals surface area contributed by atoms with Crippen LogP contribution in [0.4, 0.5) is 11.1 Å². The van der Waals surface area contributed by atoms with E-state index in [1.165, 1.54) is 16.0 Å². The molecule has 0 fully saturated rings. The van der Waals surface area contributed by atoms with Crippen molar-refractivity contribution in [1.82, 2.24) is 25.1 Å². The summed E-state index contributed by atoms with van der Waals surface area (Å²) >= 11 is 7.49. The molecule has 4 rings (SSSR count). The summed E-state index contributed by atoms with van der Waals surface area (Å²) in [5.74, 6) is 7.63. The fourth-order valence-corrected chi connectivity index (χ4v) is 5.62. The Labute approximate surface area is 233 Å². The van der Waals surface area contributed by atoms with Gasteiger partial charge in [0.05, 0.1) is 18.6 Å². The fraction of sp³-hybridized carbons (Fsp3) is 0.182. The van der Waals surface area contributed by atoms with E-state index < -0.39 is 0 Å². The number of hydrazone groups is 1. The van der Waals surface area contributed by atoms with Crippen molar-refractivity contribution >= 4 is 74.0 Å². The fourth-order valence-electron chi connectivity index (χ4n) is 2.81. The lowest BCUT2D eigenvalue weighted by Gasteiger charge is -2.03. The second-order valence-corrected chi connectivity index (χ2v) is 11.2. The Morgan fingerprint density at radius 3 is 2.81 bits per heavy atom. The molecule has 4 N–H and O–H groups in total. The van der Waals surface area contributed by atoms with Crippen molar-refractivity contribution in [2.24, 2.45) is 5.10 Å². The first kappa shape index (κ1) is 26.9. The third kappa shape index (κ3) is 8.18. The van der Waals surface area contributed by atoms with Crippen LogP contribution in [-0.4, -0.2) is 49.6 Å². The van der Waals surface area contributed by atoms with Crippen molar-refractivity contribution in [2.45, 2.75) is 22.2 Å². The quantitative estimate of drug-likeness (QED) is 0.0682. The Kier molecular flexibility index (Phi) is 9.76. The molecule has 0 saturated heterocycles. The molecule has 2 heterocycles. The van der Waals surface area contributed by atoms with Gasteiger partial charge in [-0.2, -0.15) is 5.10 Å².